The Morgan fingerprint density at radius 3 is 0.950 bits per heavy atom. The fourth-order valence-corrected chi connectivity index (χ4v) is 15.0. The van der Waals surface area contributed by atoms with E-state index in [1.165, 1.54) is 10.8 Å². The summed E-state index contributed by atoms with van der Waals surface area (Å²) >= 11 is 0.208. The van der Waals surface area contributed by atoms with Crippen LogP contribution in [0.2, 0.25) is 0 Å². The van der Waals surface area contributed by atoms with Gasteiger partial charge in [-0.2, -0.15) is 0 Å². The minimum absolute atomic E-state index is 1.49. The van der Waals surface area contributed by atoms with Gasteiger partial charge in [0.25, 0.3) is 0 Å². The summed E-state index contributed by atoms with van der Waals surface area (Å²) in [6.45, 7) is 0. The first-order chi connectivity index (χ1) is 9.82. The molecule has 2 heteroatoms. The fourth-order valence-electron chi connectivity index (χ4n) is 2.23. The number of rotatable bonds is 3. The maximum absolute atomic E-state index is 2.76. The quantitative estimate of drug-likeness (QED) is 0.395. The van der Waals surface area contributed by atoms with Crippen molar-refractivity contribution in [2.24, 2.45) is 0 Å². The van der Waals surface area contributed by atoms with E-state index in [2.05, 4.69) is 110 Å². The van der Waals surface area contributed by atoms with Gasteiger partial charge in [0.15, 0.2) is 0 Å². The van der Waals surface area contributed by atoms with E-state index in [1.807, 2.05) is 0 Å². The topological polar surface area (TPSA) is 0 Å². The van der Waals surface area contributed by atoms with Crippen LogP contribution < -0.4 is 10.8 Å². The molecular formula is C18H15ITe. The zero-order valence-corrected chi connectivity index (χ0v) is 15.4. The van der Waals surface area contributed by atoms with Crippen LogP contribution in [0.25, 0.3) is 0 Å². The second-order valence-corrected chi connectivity index (χ2v) is 20.4. The molecule has 20 heavy (non-hydrogen) atoms. The molecule has 3 aromatic rings. The van der Waals surface area contributed by atoms with Crippen molar-refractivity contribution in [3.63, 3.8) is 0 Å². The van der Waals surface area contributed by atoms with Crippen molar-refractivity contribution in [3.05, 3.63) is 91.0 Å². The molecule has 0 spiro atoms. The molecule has 0 saturated heterocycles. The van der Waals surface area contributed by atoms with E-state index in [0.29, 0.717) is 0 Å². The van der Waals surface area contributed by atoms with Crippen molar-refractivity contribution in [3.8, 4) is 0 Å². The van der Waals surface area contributed by atoms with Crippen molar-refractivity contribution >= 4 is 43.8 Å². The van der Waals surface area contributed by atoms with Crippen LogP contribution >= 0.6 is 18.7 Å². The van der Waals surface area contributed by atoms with Crippen LogP contribution in [0.5, 0.6) is 0 Å². The number of hydrogen-bond acceptors (Lipinski definition) is 0. The molecule has 0 aliphatic carbocycles. The minimum atomic E-state index is -2.55. The third-order valence-corrected chi connectivity index (χ3v) is 21.3. The summed E-state index contributed by atoms with van der Waals surface area (Å²) in [5, 5.41) is 0. The van der Waals surface area contributed by atoms with E-state index in [-0.39, 0.29) is 0 Å². The summed E-state index contributed by atoms with van der Waals surface area (Å²) in [5.41, 5.74) is 0. The standard InChI is InChI=1S/C18H15ITe/c19-20(16-10-4-1-5-11-16,17-12-6-2-7-13-17)18-14-8-3-9-15-18/h1-15H. The predicted octanol–water partition coefficient (Wildman–Crippen LogP) is 3.09. The molecule has 0 N–H and O–H groups in total. The van der Waals surface area contributed by atoms with Gasteiger partial charge in [-0.1, -0.05) is 0 Å². The van der Waals surface area contributed by atoms with Crippen LogP contribution in [0.15, 0.2) is 91.0 Å². The van der Waals surface area contributed by atoms with Gasteiger partial charge in [0.1, 0.15) is 0 Å². The molecule has 0 heterocycles. The molecule has 0 saturated carbocycles. The Balaban J connectivity index is 2.24. The van der Waals surface area contributed by atoms with E-state index < -0.39 is 14.2 Å². The molecule has 0 aromatic heterocycles. The molecule has 0 unspecified atom stereocenters. The Morgan fingerprint density at radius 2 is 0.700 bits per heavy atom. The molecule has 0 radical (unpaired) electrons. The van der Waals surface area contributed by atoms with Crippen molar-refractivity contribution in [2.75, 3.05) is 0 Å². The summed E-state index contributed by atoms with van der Waals surface area (Å²) in [6, 6.07) is 32.9. The molecule has 0 bridgehead atoms. The van der Waals surface area contributed by atoms with Crippen LogP contribution in [-0.2, 0) is 0 Å². The number of hydrogen-bond donors (Lipinski definition) is 0. The summed E-state index contributed by atoms with van der Waals surface area (Å²) in [7, 11) is 0. The van der Waals surface area contributed by atoms with Crippen LogP contribution in [0, 0.1) is 0 Å². The Morgan fingerprint density at radius 1 is 0.450 bits per heavy atom. The molecule has 3 rings (SSSR count). The molecule has 100 valence electrons. The zero-order valence-electron chi connectivity index (χ0n) is 10.9. The molecule has 0 aliphatic rings. The number of benzene rings is 3. The third-order valence-electron chi connectivity index (χ3n) is 3.20. The van der Waals surface area contributed by atoms with Crippen molar-refractivity contribution in [2.45, 2.75) is 0 Å². The normalized spacial score (nSPS) is 12.1. The van der Waals surface area contributed by atoms with Gasteiger partial charge in [0.2, 0.25) is 0 Å². The van der Waals surface area contributed by atoms with Gasteiger partial charge in [-0.15, -0.1) is 0 Å². The Hall–Kier alpha value is -0.820. The Kier molecular flexibility index (Phi) is 4.45. The van der Waals surface area contributed by atoms with Crippen molar-refractivity contribution in [1.29, 1.82) is 0 Å². The first-order valence-corrected chi connectivity index (χ1v) is 16.8. The molecule has 3 aromatic carbocycles. The van der Waals surface area contributed by atoms with Gasteiger partial charge in [0.05, 0.1) is 0 Å². The van der Waals surface area contributed by atoms with Gasteiger partial charge >= 0.3 is 135 Å². The SMILES string of the molecule is I[Te](c1ccccc1)(c1ccccc1)c1ccccc1. The Bertz CT molecular complexity index is 569. The summed E-state index contributed by atoms with van der Waals surface area (Å²) in [6.07, 6.45) is 0. The third kappa shape index (κ3) is 2.65. The van der Waals surface area contributed by atoms with E-state index in [9.17, 15) is 0 Å². The van der Waals surface area contributed by atoms with Crippen LogP contribution in [0.3, 0.4) is 0 Å². The van der Waals surface area contributed by atoms with Gasteiger partial charge in [0, 0.05) is 0 Å². The maximum atomic E-state index is 2.76. The van der Waals surface area contributed by atoms with E-state index in [0.717, 1.165) is 0 Å². The van der Waals surface area contributed by atoms with Crippen LogP contribution in [0.4, 0.5) is 0 Å². The van der Waals surface area contributed by atoms with Gasteiger partial charge in [-0.05, 0) is 0 Å². The predicted molar refractivity (Wildman–Crippen MR) is 98.0 cm³/mol. The molecule has 0 fully saturated rings. The second kappa shape index (κ2) is 6.30. The van der Waals surface area contributed by atoms with Gasteiger partial charge in [-0.25, -0.2) is 0 Å². The average molecular weight is 486 g/mol. The Labute approximate surface area is 133 Å². The van der Waals surface area contributed by atoms with E-state index in [1.54, 1.807) is 0 Å². The first kappa shape index (κ1) is 14.1. The molecule has 0 nitrogen and oxygen atoms in total. The average Bonchev–Trinajstić information content (AvgIpc) is 2.56. The second-order valence-electron chi connectivity index (χ2n) is 4.48. The summed E-state index contributed by atoms with van der Waals surface area (Å²) < 4.78 is 4.48. The molecular weight excluding hydrogens is 471 g/mol. The van der Waals surface area contributed by atoms with E-state index >= 15 is 0 Å². The van der Waals surface area contributed by atoms with Crippen LogP contribution in [-0.4, -0.2) is 14.2 Å². The zero-order chi connectivity index (χ0) is 13.8. The van der Waals surface area contributed by atoms with Crippen LogP contribution in [0.1, 0.15) is 0 Å². The molecule has 0 atom stereocenters. The van der Waals surface area contributed by atoms with Gasteiger partial charge < -0.3 is 0 Å². The van der Waals surface area contributed by atoms with Crippen molar-refractivity contribution in [1.82, 2.24) is 0 Å². The number of halogens is 1. The monoisotopic (exact) mass is 488 g/mol. The van der Waals surface area contributed by atoms with Crippen molar-refractivity contribution < 1.29 is 0 Å². The molecule has 0 aliphatic heterocycles. The molecule has 0 amide bonds. The first-order valence-electron chi connectivity index (χ1n) is 6.50. The summed E-state index contributed by atoms with van der Waals surface area (Å²) in [5.74, 6) is 0. The fraction of sp³-hybridized carbons (Fsp3) is 0. The summed E-state index contributed by atoms with van der Waals surface area (Å²) in [4.78, 5) is 0. The van der Waals surface area contributed by atoms with Gasteiger partial charge in [-0.3, -0.25) is 0 Å². The van der Waals surface area contributed by atoms with E-state index in [4.69, 9.17) is 0 Å².